The van der Waals surface area contributed by atoms with Crippen LogP contribution in [0.15, 0.2) is 46.0 Å². The van der Waals surface area contributed by atoms with Gasteiger partial charge in [0, 0.05) is 49.5 Å². The lowest BCUT2D eigenvalue weighted by Gasteiger charge is -2.21. The zero-order valence-electron chi connectivity index (χ0n) is 13.8. The highest BCUT2D eigenvalue weighted by Gasteiger charge is 2.29. The Labute approximate surface area is 155 Å². The average Bonchev–Trinajstić information content (AvgIpc) is 2.87. The van der Waals surface area contributed by atoms with Crippen LogP contribution in [0.25, 0.3) is 0 Å². The minimum Gasteiger partial charge on any atom is -0.337 e. The first-order chi connectivity index (χ1) is 11.9. The molecule has 3 rings (SSSR count). The fourth-order valence-electron chi connectivity index (χ4n) is 2.82. The molecule has 1 aliphatic rings. The predicted octanol–water partition coefficient (Wildman–Crippen LogP) is 1.72. The van der Waals surface area contributed by atoms with Crippen LogP contribution < -0.4 is 0 Å². The highest BCUT2D eigenvalue weighted by atomic mass is 79.9. The summed E-state index contributed by atoms with van der Waals surface area (Å²) in [6.45, 7) is 1.56. The average molecular weight is 427 g/mol. The molecule has 0 unspecified atom stereocenters. The summed E-state index contributed by atoms with van der Waals surface area (Å²) < 4.78 is 29.2. The molecule has 25 heavy (non-hydrogen) atoms. The molecule has 1 aromatic heterocycles. The van der Waals surface area contributed by atoms with Crippen molar-refractivity contribution in [3.8, 4) is 0 Å². The number of nitrogens with zero attached hydrogens (tertiary/aromatic N) is 4. The molecule has 0 atom stereocenters. The quantitative estimate of drug-likeness (QED) is 0.748. The van der Waals surface area contributed by atoms with Crippen LogP contribution in [0, 0.1) is 0 Å². The summed E-state index contributed by atoms with van der Waals surface area (Å²) in [6.07, 6.45) is 3.44. The van der Waals surface area contributed by atoms with Gasteiger partial charge in [0.05, 0.1) is 6.20 Å². The van der Waals surface area contributed by atoms with Gasteiger partial charge in [-0.25, -0.2) is 8.42 Å². The van der Waals surface area contributed by atoms with Crippen LogP contribution in [0.3, 0.4) is 0 Å². The highest BCUT2D eigenvalue weighted by Crippen LogP contribution is 2.19. The van der Waals surface area contributed by atoms with Crippen LogP contribution in [-0.2, 0) is 17.1 Å². The third-order valence-corrected chi connectivity index (χ3v) is 6.48. The summed E-state index contributed by atoms with van der Waals surface area (Å²) >= 11 is 3.37. The number of aromatic nitrogens is 2. The van der Waals surface area contributed by atoms with Crippen molar-refractivity contribution in [2.24, 2.45) is 7.05 Å². The van der Waals surface area contributed by atoms with Crippen LogP contribution in [-0.4, -0.2) is 59.5 Å². The molecule has 1 amide bonds. The fraction of sp³-hybridized carbons (Fsp3) is 0.375. The summed E-state index contributed by atoms with van der Waals surface area (Å²) in [6, 6.07) is 7.22. The van der Waals surface area contributed by atoms with Crippen LogP contribution in [0.5, 0.6) is 0 Å². The standard InChI is InChI=1S/C16H19BrN4O3S/c1-19-12-15(11-18-19)25(23,24)21-7-3-6-20(8-9-21)16(22)13-4-2-5-14(17)10-13/h2,4-5,10-12H,3,6-9H2,1H3. The maximum Gasteiger partial charge on any atom is 0.253 e. The van der Waals surface area contributed by atoms with E-state index in [0.29, 0.717) is 31.6 Å². The van der Waals surface area contributed by atoms with Gasteiger partial charge >= 0.3 is 0 Å². The molecule has 0 bridgehead atoms. The van der Waals surface area contributed by atoms with E-state index in [2.05, 4.69) is 21.0 Å². The fourth-order valence-corrected chi connectivity index (χ4v) is 4.68. The van der Waals surface area contributed by atoms with E-state index in [1.165, 1.54) is 21.4 Å². The zero-order chi connectivity index (χ0) is 18.0. The number of sulfonamides is 1. The highest BCUT2D eigenvalue weighted by molar-refractivity contribution is 9.10. The summed E-state index contributed by atoms with van der Waals surface area (Å²) in [5, 5.41) is 3.93. The topological polar surface area (TPSA) is 75.5 Å². The second kappa shape index (κ2) is 7.27. The van der Waals surface area contributed by atoms with Crippen molar-refractivity contribution < 1.29 is 13.2 Å². The Kier molecular flexibility index (Phi) is 5.26. The van der Waals surface area contributed by atoms with E-state index in [0.717, 1.165) is 4.47 Å². The SMILES string of the molecule is Cn1cc(S(=O)(=O)N2CCCN(C(=O)c3cccc(Br)c3)CC2)cn1. The second-order valence-electron chi connectivity index (χ2n) is 5.91. The van der Waals surface area contributed by atoms with E-state index >= 15 is 0 Å². The number of benzene rings is 1. The van der Waals surface area contributed by atoms with E-state index in [-0.39, 0.29) is 17.3 Å². The monoisotopic (exact) mass is 426 g/mol. The second-order valence-corrected chi connectivity index (χ2v) is 8.76. The molecule has 0 spiro atoms. The molecular weight excluding hydrogens is 408 g/mol. The molecule has 0 saturated carbocycles. The maximum absolute atomic E-state index is 12.7. The molecule has 0 radical (unpaired) electrons. The van der Waals surface area contributed by atoms with Gasteiger partial charge in [-0.1, -0.05) is 22.0 Å². The first-order valence-electron chi connectivity index (χ1n) is 7.91. The Balaban J connectivity index is 1.73. The van der Waals surface area contributed by atoms with E-state index in [1.54, 1.807) is 24.1 Å². The Bertz CT molecular complexity index is 881. The summed E-state index contributed by atoms with van der Waals surface area (Å²) in [7, 11) is -1.90. The number of carbonyl (C=O) groups excluding carboxylic acids is 1. The predicted molar refractivity (Wildman–Crippen MR) is 96.6 cm³/mol. The third kappa shape index (κ3) is 3.94. The van der Waals surface area contributed by atoms with E-state index < -0.39 is 10.0 Å². The molecule has 7 nitrogen and oxygen atoms in total. The van der Waals surface area contributed by atoms with Gasteiger partial charge in [0.2, 0.25) is 10.0 Å². The van der Waals surface area contributed by atoms with Crippen LogP contribution in [0.1, 0.15) is 16.8 Å². The van der Waals surface area contributed by atoms with Crippen LogP contribution >= 0.6 is 15.9 Å². The zero-order valence-corrected chi connectivity index (χ0v) is 16.2. The van der Waals surface area contributed by atoms with Gasteiger partial charge in [-0.3, -0.25) is 9.48 Å². The minimum absolute atomic E-state index is 0.0816. The van der Waals surface area contributed by atoms with Crippen molar-refractivity contribution in [2.45, 2.75) is 11.3 Å². The van der Waals surface area contributed by atoms with Crippen molar-refractivity contribution >= 4 is 31.9 Å². The Morgan fingerprint density at radius 2 is 2.00 bits per heavy atom. The van der Waals surface area contributed by atoms with Crippen molar-refractivity contribution in [3.05, 3.63) is 46.7 Å². The Morgan fingerprint density at radius 1 is 1.20 bits per heavy atom. The normalized spacial score (nSPS) is 16.6. The molecular formula is C16H19BrN4O3S. The van der Waals surface area contributed by atoms with Gasteiger partial charge in [-0.15, -0.1) is 0 Å². The number of halogens is 1. The van der Waals surface area contributed by atoms with Gasteiger partial charge in [0.1, 0.15) is 4.90 Å². The summed E-state index contributed by atoms with van der Waals surface area (Å²) in [4.78, 5) is 14.5. The molecule has 2 aromatic rings. The van der Waals surface area contributed by atoms with Crippen molar-refractivity contribution in [3.63, 3.8) is 0 Å². The maximum atomic E-state index is 12.7. The number of aryl methyl sites for hydroxylation is 1. The lowest BCUT2D eigenvalue weighted by molar-refractivity contribution is 0.0764. The van der Waals surface area contributed by atoms with Crippen LogP contribution in [0.4, 0.5) is 0 Å². The van der Waals surface area contributed by atoms with Gasteiger partial charge in [0.25, 0.3) is 5.91 Å². The lowest BCUT2D eigenvalue weighted by atomic mass is 10.2. The number of carbonyl (C=O) groups is 1. The first-order valence-corrected chi connectivity index (χ1v) is 10.1. The largest absolute Gasteiger partial charge is 0.337 e. The molecule has 2 heterocycles. The van der Waals surface area contributed by atoms with Crippen molar-refractivity contribution in [2.75, 3.05) is 26.2 Å². The van der Waals surface area contributed by atoms with Gasteiger partial charge in [-0.2, -0.15) is 9.40 Å². The lowest BCUT2D eigenvalue weighted by Crippen LogP contribution is -2.37. The summed E-state index contributed by atoms with van der Waals surface area (Å²) in [5.41, 5.74) is 0.595. The Hall–Kier alpha value is -1.71. The number of hydrogen-bond donors (Lipinski definition) is 0. The third-order valence-electron chi connectivity index (χ3n) is 4.13. The van der Waals surface area contributed by atoms with E-state index in [9.17, 15) is 13.2 Å². The molecule has 1 saturated heterocycles. The van der Waals surface area contributed by atoms with Gasteiger partial charge in [-0.05, 0) is 24.6 Å². The smallest absolute Gasteiger partial charge is 0.253 e. The number of hydrogen-bond acceptors (Lipinski definition) is 4. The van der Waals surface area contributed by atoms with Crippen molar-refractivity contribution in [1.82, 2.24) is 19.0 Å². The van der Waals surface area contributed by atoms with Crippen molar-refractivity contribution in [1.29, 1.82) is 0 Å². The van der Waals surface area contributed by atoms with Crippen LogP contribution in [0.2, 0.25) is 0 Å². The minimum atomic E-state index is -3.58. The molecule has 1 aromatic carbocycles. The van der Waals surface area contributed by atoms with E-state index in [1.807, 2.05) is 12.1 Å². The number of amides is 1. The summed E-state index contributed by atoms with van der Waals surface area (Å²) in [5.74, 6) is -0.0816. The number of rotatable bonds is 3. The van der Waals surface area contributed by atoms with Gasteiger partial charge < -0.3 is 4.90 Å². The molecule has 1 fully saturated rings. The molecule has 9 heteroatoms. The van der Waals surface area contributed by atoms with E-state index in [4.69, 9.17) is 0 Å². The van der Waals surface area contributed by atoms with Gasteiger partial charge in [0.15, 0.2) is 0 Å². The molecule has 134 valence electrons. The first kappa shape index (κ1) is 18.1. The molecule has 0 N–H and O–H groups in total. The molecule has 1 aliphatic heterocycles. The molecule has 0 aliphatic carbocycles. The Morgan fingerprint density at radius 3 is 2.68 bits per heavy atom.